The van der Waals surface area contributed by atoms with Gasteiger partial charge in [0.15, 0.2) is 5.82 Å². The molecule has 1 aromatic heterocycles. The maximum Gasteiger partial charge on any atom is 0.271 e. The number of nitrogens with zero attached hydrogens (tertiary/aromatic N) is 4. The van der Waals surface area contributed by atoms with Gasteiger partial charge in [-0.25, -0.2) is 4.68 Å². The maximum atomic E-state index is 10.8. The molecule has 0 aliphatic carbocycles. The molecule has 0 unspecified atom stereocenters. The van der Waals surface area contributed by atoms with Gasteiger partial charge in [-0.05, 0) is 18.9 Å². The average Bonchev–Trinajstić information content (AvgIpc) is 2.70. The Morgan fingerprint density at radius 2 is 2.22 bits per heavy atom. The fourth-order valence-corrected chi connectivity index (χ4v) is 1.78. The highest BCUT2D eigenvalue weighted by Gasteiger charge is 2.15. The molecule has 0 atom stereocenters. The third-order valence-corrected chi connectivity index (χ3v) is 2.76. The van der Waals surface area contributed by atoms with Crippen molar-refractivity contribution in [3.8, 4) is 5.69 Å². The van der Waals surface area contributed by atoms with Crippen LogP contribution in [0.25, 0.3) is 5.69 Å². The SMILES string of the molecule is CCc1c(N)nnn1-c1cc([N+](=O)[O-])ccc1C. The van der Waals surface area contributed by atoms with E-state index in [1.807, 2.05) is 13.8 Å². The van der Waals surface area contributed by atoms with E-state index in [1.165, 1.54) is 12.1 Å². The number of non-ortho nitro benzene ring substituents is 1. The molecule has 0 aliphatic heterocycles. The van der Waals surface area contributed by atoms with Crippen molar-refractivity contribution < 1.29 is 4.92 Å². The Morgan fingerprint density at radius 3 is 2.83 bits per heavy atom. The molecule has 0 fully saturated rings. The summed E-state index contributed by atoms with van der Waals surface area (Å²) in [7, 11) is 0. The van der Waals surface area contributed by atoms with Crippen LogP contribution in [0.5, 0.6) is 0 Å². The molecule has 0 bridgehead atoms. The van der Waals surface area contributed by atoms with Crippen LogP contribution in [-0.2, 0) is 6.42 Å². The Hall–Kier alpha value is -2.44. The number of rotatable bonds is 3. The molecule has 7 nitrogen and oxygen atoms in total. The van der Waals surface area contributed by atoms with Crippen LogP contribution in [0.2, 0.25) is 0 Å². The van der Waals surface area contributed by atoms with Crippen LogP contribution in [0.1, 0.15) is 18.2 Å². The second-order valence-electron chi connectivity index (χ2n) is 3.91. The first-order valence-electron chi connectivity index (χ1n) is 5.50. The van der Waals surface area contributed by atoms with Crippen molar-refractivity contribution in [2.45, 2.75) is 20.3 Å². The molecule has 0 aliphatic rings. The molecular weight excluding hydrogens is 234 g/mol. The molecule has 0 radical (unpaired) electrons. The molecule has 0 spiro atoms. The van der Waals surface area contributed by atoms with Crippen molar-refractivity contribution in [1.29, 1.82) is 0 Å². The molecule has 2 aromatic rings. The molecule has 2 rings (SSSR count). The van der Waals surface area contributed by atoms with Crippen LogP contribution < -0.4 is 5.73 Å². The Labute approximate surface area is 103 Å². The van der Waals surface area contributed by atoms with E-state index in [0.717, 1.165) is 11.3 Å². The second-order valence-corrected chi connectivity index (χ2v) is 3.91. The van der Waals surface area contributed by atoms with Crippen molar-refractivity contribution in [1.82, 2.24) is 15.0 Å². The largest absolute Gasteiger partial charge is 0.381 e. The maximum absolute atomic E-state index is 10.8. The minimum atomic E-state index is -0.436. The zero-order valence-electron chi connectivity index (χ0n) is 10.1. The van der Waals surface area contributed by atoms with Gasteiger partial charge in [-0.1, -0.05) is 18.2 Å². The molecule has 94 valence electrons. The van der Waals surface area contributed by atoms with Crippen LogP contribution in [0.4, 0.5) is 11.5 Å². The normalized spacial score (nSPS) is 10.6. The molecule has 7 heteroatoms. The number of aryl methyl sites for hydroxylation is 1. The molecule has 18 heavy (non-hydrogen) atoms. The first-order valence-corrected chi connectivity index (χ1v) is 5.50. The zero-order valence-corrected chi connectivity index (χ0v) is 10.1. The third kappa shape index (κ3) is 1.90. The molecule has 0 amide bonds. The molecule has 0 saturated carbocycles. The van der Waals surface area contributed by atoms with Crippen molar-refractivity contribution in [2.24, 2.45) is 0 Å². The lowest BCUT2D eigenvalue weighted by Gasteiger charge is -2.08. The summed E-state index contributed by atoms with van der Waals surface area (Å²) in [5, 5.41) is 18.5. The topological polar surface area (TPSA) is 99.9 Å². The van der Waals surface area contributed by atoms with Crippen molar-refractivity contribution in [3.63, 3.8) is 0 Å². The van der Waals surface area contributed by atoms with E-state index in [9.17, 15) is 10.1 Å². The molecule has 0 saturated heterocycles. The lowest BCUT2D eigenvalue weighted by atomic mass is 10.1. The highest BCUT2D eigenvalue weighted by atomic mass is 16.6. The standard InChI is InChI=1S/C11H13N5O2/c1-3-9-11(12)13-14-15(9)10-6-8(16(17)18)5-4-7(10)2/h4-6H,3,12H2,1-2H3. The van der Waals surface area contributed by atoms with Gasteiger partial charge in [0.05, 0.1) is 16.3 Å². The number of nitrogen functional groups attached to an aromatic ring is 1. The van der Waals surface area contributed by atoms with Crippen LogP contribution in [0.3, 0.4) is 0 Å². The summed E-state index contributed by atoms with van der Waals surface area (Å²) >= 11 is 0. The molecular formula is C11H13N5O2. The van der Waals surface area contributed by atoms with E-state index in [-0.39, 0.29) is 5.69 Å². The summed E-state index contributed by atoms with van der Waals surface area (Å²) in [6.07, 6.45) is 0.654. The number of anilines is 1. The number of nitro groups is 1. The van der Waals surface area contributed by atoms with Crippen molar-refractivity contribution in [3.05, 3.63) is 39.6 Å². The Bertz CT molecular complexity index is 605. The quantitative estimate of drug-likeness (QED) is 0.656. The Kier molecular flexibility index (Phi) is 2.97. The van der Waals surface area contributed by atoms with E-state index in [4.69, 9.17) is 5.73 Å². The number of nitro benzene ring substituents is 1. The minimum absolute atomic E-state index is 0.0201. The fraction of sp³-hybridized carbons (Fsp3) is 0.273. The van der Waals surface area contributed by atoms with Gasteiger partial charge in [-0.3, -0.25) is 10.1 Å². The summed E-state index contributed by atoms with van der Waals surface area (Å²) < 4.78 is 1.55. The number of nitrogens with two attached hydrogens (primary N) is 1. The lowest BCUT2D eigenvalue weighted by molar-refractivity contribution is -0.384. The molecule has 1 aromatic carbocycles. The van der Waals surface area contributed by atoms with Gasteiger partial charge in [-0.15, -0.1) is 5.10 Å². The molecule has 1 heterocycles. The smallest absolute Gasteiger partial charge is 0.271 e. The number of hydrogen-bond donors (Lipinski definition) is 1. The first kappa shape index (κ1) is 12.0. The number of hydrogen-bond acceptors (Lipinski definition) is 5. The van der Waals surface area contributed by atoms with Gasteiger partial charge < -0.3 is 5.73 Å². The Balaban J connectivity index is 2.62. The van der Waals surface area contributed by atoms with Gasteiger partial charge >= 0.3 is 0 Å². The summed E-state index contributed by atoms with van der Waals surface area (Å²) in [6.45, 7) is 3.79. The van der Waals surface area contributed by atoms with Crippen LogP contribution >= 0.6 is 0 Å². The second kappa shape index (κ2) is 4.44. The van der Waals surface area contributed by atoms with E-state index in [2.05, 4.69) is 10.3 Å². The fourth-order valence-electron chi connectivity index (χ4n) is 1.78. The van der Waals surface area contributed by atoms with Gasteiger partial charge in [-0.2, -0.15) is 0 Å². The van der Waals surface area contributed by atoms with Crippen molar-refractivity contribution in [2.75, 3.05) is 5.73 Å². The molecule has 2 N–H and O–H groups in total. The van der Waals surface area contributed by atoms with E-state index in [1.54, 1.807) is 10.7 Å². The average molecular weight is 247 g/mol. The predicted molar refractivity (Wildman–Crippen MR) is 66.5 cm³/mol. The van der Waals surface area contributed by atoms with E-state index >= 15 is 0 Å². The van der Waals surface area contributed by atoms with E-state index in [0.29, 0.717) is 17.9 Å². The summed E-state index contributed by atoms with van der Waals surface area (Å²) in [5.74, 6) is 0.350. The van der Waals surface area contributed by atoms with Crippen LogP contribution in [-0.4, -0.2) is 19.9 Å². The monoisotopic (exact) mass is 247 g/mol. The van der Waals surface area contributed by atoms with Gasteiger partial charge in [0.25, 0.3) is 5.69 Å². The van der Waals surface area contributed by atoms with E-state index < -0.39 is 4.92 Å². The van der Waals surface area contributed by atoms with Gasteiger partial charge in [0.1, 0.15) is 0 Å². The van der Waals surface area contributed by atoms with Crippen LogP contribution in [0, 0.1) is 17.0 Å². The van der Waals surface area contributed by atoms with Crippen molar-refractivity contribution >= 4 is 11.5 Å². The third-order valence-electron chi connectivity index (χ3n) is 2.76. The highest BCUT2D eigenvalue weighted by Crippen LogP contribution is 2.23. The summed E-state index contributed by atoms with van der Waals surface area (Å²) in [4.78, 5) is 10.4. The zero-order chi connectivity index (χ0) is 13.3. The summed E-state index contributed by atoms with van der Waals surface area (Å²) in [6, 6.07) is 4.62. The first-order chi connectivity index (χ1) is 8.54. The Morgan fingerprint density at radius 1 is 1.50 bits per heavy atom. The lowest BCUT2D eigenvalue weighted by Crippen LogP contribution is -2.05. The van der Waals surface area contributed by atoms with Gasteiger partial charge in [0, 0.05) is 12.1 Å². The van der Waals surface area contributed by atoms with Crippen LogP contribution in [0.15, 0.2) is 18.2 Å². The predicted octanol–water partition coefficient (Wildman–Crippen LogP) is 1.63. The highest BCUT2D eigenvalue weighted by molar-refractivity contribution is 5.51. The van der Waals surface area contributed by atoms with Gasteiger partial charge in [0.2, 0.25) is 0 Å². The number of aromatic nitrogens is 3. The summed E-state index contributed by atoms with van der Waals surface area (Å²) in [5.41, 5.74) is 7.98. The number of benzene rings is 1. The minimum Gasteiger partial charge on any atom is -0.381 e.